The number of aryl methyl sites for hydroxylation is 2. The van der Waals surface area contributed by atoms with Crippen molar-refractivity contribution in [3.63, 3.8) is 0 Å². The zero-order valence-corrected chi connectivity index (χ0v) is 13.3. The normalized spacial score (nSPS) is 12.3. The zero-order chi connectivity index (χ0) is 19.9. The van der Waals surface area contributed by atoms with Gasteiger partial charge in [-0.15, -0.1) is 5.10 Å². The Morgan fingerprint density at radius 1 is 1.19 bits per heavy atom. The van der Waals surface area contributed by atoms with Gasteiger partial charge in [-0.3, -0.25) is 4.79 Å². The van der Waals surface area contributed by atoms with Gasteiger partial charge in [-0.05, 0) is 24.6 Å². The summed E-state index contributed by atoms with van der Waals surface area (Å²) in [6, 6.07) is 1.65. The van der Waals surface area contributed by atoms with Gasteiger partial charge in [0.05, 0.1) is 5.56 Å². The van der Waals surface area contributed by atoms with Crippen LogP contribution < -0.4 is 5.32 Å². The molecule has 1 aromatic heterocycles. The van der Waals surface area contributed by atoms with Gasteiger partial charge in [0.2, 0.25) is 0 Å². The predicted molar refractivity (Wildman–Crippen MR) is 74.5 cm³/mol. The Labute approximate surface area is 141 Å². The second kappa shape index (κ2) is 6.57. The predicted octanol–water partition coefficient (Wildman–Crippen LogP) is 3.24. The Morgan fingerprint density at radius 2 is 1.81 bits per heavy atom. The highest BCUT2D eigenvalue weighted by Crippen LogP contribution is 2.30. The van der Waals surface area contributed by atoms with Gasteiger partial charge < -0.3 is 5.32 Å². The number of hydrogen-bond donors (Lipinski definition) is 1. The van der Waals surface area contributed by atoms with Crippen LogP contribution in [0.3, 0.4) is 0 Å². The van der Waals surface area contributed by atoms with Gasteiger partial charge in [-0.25, -0.2) is 14.1 Å². The summed E-state index contributed by atoms with van der Waals surface area (Å²) in [5.41, 5.74) is -0.829. The molecule has 0 saturated heterocycles. The number of carbonyl (C=O) groups excluding carboxylic acids is 1. The monoisotopic (exact) mass is 384 g/mol. The minimum Gasteiger partial charge on any atom is -0.343 e. The second-order valence-electron chi connectivity index (χ2n) is 5.33. The molecule has 1 aromatic carbocycles. The van der Waals surface area contributed by atoms with Gasteiger partial charge >= 0.3 is 12.4 Å². The van der Waals surface area contributed by atoms with E-state index >= 15 is 0 Å². The first-order valence-electron chi connectivity index (χ1n) is 6.93. The second-order valence-corrected chi connectivity index (χ2v) is 5.33. The maximum atomic E-state index is 14.2. The molecule has 0 saturated carbocycles. The number of benzene rings is 1. The largest absolute Gasteiger partial charge is 0.453 e. The van der Waals surface area contributed by atoms with Crippen LogP contribution in [0.25, 0.3) is 11.4 Å². The van der Waals surface area contributed by atoms with Crippen LogP contribution in [0, 0.1) is 12.7 Å². The Morgan fingerprint density at radius 3 is 2.31 bits per heavy atom. The molecule has 1 heterocycles. The van der Waals surface area contributed by atoms with Gasteiger partial charge in [0.15, 0.2) is 5.82 Å². The summed E-state index contributed by atoms with van der Waals surface area (Å²) in [6.45, 7) is -0.340. The van der Waals surface area contributed by atoms with E-state index < -0.39 is 47.8 Å². The molecule has 142 valence electrons. The van der Waals surface area contributed by atoms with E-state index in [0.717, 1.165) is 19.2 Å². The maximum absolute atomic E-state index is 14.2. The van der Waals surface area contributed by atoms with Crippen molar-refractivity contribution in [1.82, 2.24) is 20.1 Å². The maximum Gasteiger partial charge on any atom is 0.453 e. The Bertz CT molecular complexity index is 839. The van der Waals surface area contributed by atoms with E-state index in [0.29, 0.717) is 4.68 Å². The number of carbonyl (C=O) groups is 1. The number of halogens is 7. The van der Waals surface area contributed by atoms with Crippen molar-refractivity contribution in [2.24, 2.45) is 7.05 Å². The molecule has 5 nitrogen and oxygen atoms in total. The van der Waals surface area contributed by atoms with Crippen LogP contribution >= 0.6 is 0 Å². The smallest absolute Gasteiger partial charge is 0.343 e. The molecule has 0 aliphatic rings. The SMILES string of the molecule is Cc1cc(F)c(-c2nc(C(F)(F)F)nn2C)cc1C(=O)NCC(F)(F)F. The molecule has 0 fully saturated rings. The van der Waals surface area contributed by atoms with Crippen LogP contribution in [0.2, 0.25) is 0 Å². The molecule has 0 aliphatic heterocycles. The molecule has 0 bridgehead atoms. The average Bonchev–Trinajstić information content (AvgIpc) is 2.86. The summed E-state index contributed by atoms with van der Waals surface area (Å²) in [5, 5.41) is 4.74. The van der Waals surface area contributed by atoms with Crippen molar-refractivity contribution in [3.05, 3.63) is 34.9 Å². The molecule has 26 heavy (non-hydrogen) atoms. The van der Waals surface area contributed by atoms with E-state index in [2.05, 4.69) is 10.1 Å². The molecule has 2 rings (SSSR count). The van der Waals surface area contributed by atoms with E-state index in [1.54, 1.807) is 5.32 Å². The van der Waals surface area contributed by atoms with Gasteiger partial charge in [0.1, 0.15) is 12.4 Å². The van der Waals surface area contributed by atoms with Crippen molar-refractivity contribution in [1.29, 1.82) is 0 Å². The minimum atomic E-state index is -4.87. The number of rotatable bonds is 3. The fraction of sp³-hybridized carbons (Fsp3) is 0.357. The lowest BCUT2D eigenvalue weighted by Crippen LogP contribution is -2.34. The Kier molecular flexibility index (Phi) is 4.97. The number of amides is 1. The third-order valence-electron chi connectivity index (χ3n) is 3.27. The molecule has 0 atom stereocenters. The Hall–Kier alpha value is -2.66. The first-order chi connectivity index (χ1) is 11.8. The lowest BCUT2D eigenvalue weighted by molar-refractivity contribution is -0.144. The van der Waals surface area contributed by atoms with E-state index in [1.807, 2.05) is 0 Å². The molecule has 1 amide bonds. The lowest BCUT2D eigenvalue weighted by atomic mass is 10.0. The van der Waals surface area contributed by atoms with Crippen LogP contribution in [-0.4, -0.2) is 33.4 Å². The fourth-order valence-corrected chi connectivity index (χ4v) is 2.10. The first kappa shape index (κ1) is 19.7. The highest BCUT2D eigenvalue weighted by Gasteiger charge is 2.37. The highest BCUT2D eigenvalue weighted by atomic mass is 19.4. The van der Waals surface area contributed by atoms with Gasteiger partial charge in [-0.2, -0.15) is 26.3 Å². The highest BCUT2D eigenvalue weighted by molar-refractivity contribution is 5.96. The van der Waals surface area contributed by atoms with E-state index in [9.17, 15) is 35.5 Å². The Balaban J connectivity index is 2.46. The van der Waals surface area contributed by atoms with Gasteiger partial charge in [-0.1, -0.05) is 0 Å². The molecular weight excluding hydrogens is 373 g/mol. The molecule has 0 radical (unpaired) electrons. The van der Waals surface area contributed by atoms with Crippen molar-refractivity contribution >= 4 is 5.91 Å². The van der Waals surface area contributed by atoms with Gasteiger partial charge in [0.25, 0.3) is 11.7 Å². The van der Waals surface area contributed by atoms with Crippen LogP contribution in [0.5, 0.6) is 0 Å². The number of nitrogens with zero attached hydrogens (tertiary/aromatic N) is 3. The topological polar surface area (TPSA) is 59.8 Å². The van der Waals surface area contributed by atoms with Gasteiger partial charge in [0, 0.05) is 12.6 Å². The average molecular weight is 384 g/mol. The number of alkyl halides is 6. The van der Waals surface area contributed by atoms with E-state index in [1.165, 1.54) is 6.92 Å². The first-order valence-corrected chi connectivity index (χ1v) is 6.93. The van der Waals surface area contributed by atoms with Crippen molar-refractivity contribution in [2.75, 3.05) is 6.54 Å². The molecule has 12 heteroatoms. The molecule has 0 unspecified atom stereocenters. The van der Waals surface area contributed by atoms with E-state index in [4.69, 9.17) is 0 Å². The molecular formula is C14H11F7N4O. The number of aromatic nitrogens is 3. The quantitative estimate of drug-likeness (QED) is 0.827. The molecule has 2 aromatic rings. The zero-order valence-electron chi connectivity index (χ0n) is 13.3. The lowest BCUT2D eigenvalue weighted by Gasteiger charge is -2.12. The van der Waals surface area contributed by atoms with Crippen molar-refractivity contribution in [3.8, 4) is 11.4 Å². The van der Waals surface area contributed by atoms with Crippen molar-refractivity contribution in [2.45, 2.75) is 19.3 Å². The van der Waals surface area contributed by atoms with Crippen LogP contribution in [0.15, 0.2) is 12.1 Å². The number of nitrogens with one attached hydrogen (secondary N) is 1. The third kappa shape index (κ3) is 4.29. The van der Waals surface area contributed by atoms with Crippen molar-refractivity contribution < 1.29 is 35.5 Å². The van der Waals surface area contributed by atoms with Crippen LogP contribution in [0.1, 0.15) is 21.7 Å². The third-order valence-corrected chi connectivity index (χ3v) is 3.27. The summed E-state index contributed by atoms with van der Waals surface area (Å²) in [4.78, 5) is 15.1. The molecule has 1 N–H and O–H groups in total. The minimum absolute atomic E-state index is 0.00383. The standard InChI is InChI=1S/C14H11F7N4O/c1-6-3-9(15)8(4-7(6)11(26)22-5-13(16,17)18)10-23-12(14(19,20)21)24-25(10)2/h3-4H,5H2,1-2H3,(H,22,26). The summed E-state index contributed by atoms with van der Waals surface area (Å²) >= 11 is 0. The molecule has 0 spiro atoms. The summed E-state index contributed by atoms with van der Waals surface area (Å²) in [6.07, 6.45) is -9.53. The van der Waals surface area contributed by atoms with Crippen LogP contribution in [0.4, 0.5) is 30.7 Å². The summed E-state index contributed by atoms with van der Waals surface area (Å²) in [7, 11) is 1.08. The molecule has 0 aliphatic carbocycles. The summed E-state index contributed by atoms with van der Waals surface area (Å²) in [5.74, 6) is -4.20. The van der Waals surface area contributed by atoms with Crippen LogP contribution in [-0.2, 0) is 13.2 Å². The summed E-state index contributed by atoms with van der Waals surface area (Å²) < 4.78 is 89.5. The fourth-order valence-electron chi connectivity index (χ4n) is 2.10. The van der Waals surface area contributed by atoms with E-state index in [-0.39, 0.29) is 11.1 Å². The number of hydrogen-bond acceptors (Lipinski definition) is 3.